The van der Waals surface area contributed by atoms with E-state index in [1.165, 1.54) is 12.5 Å². The van der Waals surface area contributed by atoms with Crippen molar-refractivity contribution in [3.63, 3.8) is 0 Å². The summed E-state index contributed by atoms with van der Waals surface area (Å²) in [5, 5.41) is 15.0. The van der Waals surface area contributed by atoms with Crippen LogP contribution in [-0.2, 0) is 4.79 Å². The van der Waals surface area contributed by atoms with Crippen molar-refractivity contribution in [2.75, 3.05) is 6.61 Å². The number of carbonyl (C=O) groups excluding carboxylic acids is 2. The average molecular weight is 294 g/mol. The zero-order valence-corrected chi connectivity index (χ0v) is 12.4. The molecule has 0 bridgehead atoms. The van der Waals surface area contributed by atoms with E-state index in [0.717, 1.165) is 19.3 Å². The number of furan rings is 1. The van der Waals surface area contributed by atoms with Crippen molar-refractivity contribution < 1.29 is 19.1 Å². The van der Waals surface area contributed by atoms with Crippen LogP contribution in [0.4, 0.5) is 0 Å². The largest absolute Gasteiger partial charge is 0.472 e. The molecule has 2 rings (SSSR count). The second-order valence-electron chi connectivity index (χ2n) is 5.97. The maximum Gasteiger partial charge on any atom is 0.255 e. The Kier molecular flexibility index (Phi) is 4.67. The van der Waals surface area contributed by atoms with E-state index in [4.69, 9.17) is 4.42 Å². The molecule has 6 heteroatoms. The SMILES string of the molecule is C[C@H](NC(=O)c1ccoc1)C(=O)N[C@H]1CCC[C@]1(C)CO. The van der Waals surface area contributed by atoms with Crippen LogP contribution in [0.3, 0.4) is 0 Å². The quantitative estimate of drug-likeness (QED) is 0.757. The molecule has 1 heterocycles. The van der Waals surface area contributed by atoms with Crippen LogP contribution < -0.4 is 10.6 Å². The lowest BCUT2D eigenvalue weighted by Crippen LogP contribution is -2.51. The van der Waals surface area contributed by atoms with E-state index >= 15 is 0 Å². The zero-order chi connectivity index (χ0) is 15.5. The highest BCUT2D eigenvalue weighted by atomic mass is 16.3. The normalized spacial score (nSPS) is 26.3. The van der Waals surface area contributed by atoms with E-state index in [0.29, 0.717) is 5.56 Å². The molecule has 1 aromatic rings. The Bertz CT molecular complexity index is 500. The fraction of sp³-hybridized carbons (Fsp3) is 0.600. The molecule has 116 valence electrons. The molecular formula is C15H22N2O4. The van der Waals surface area contributed by atoms with Crippen molar-refractivity contribution in [2.45, 2.75) is 45.2 Å². The minimum absolute atomic E-state index is 0.0493. The van der Waals surface area contributed by atoms with Crippen LogP contribution in [0.2, 0.25) is 0 Å². The molecule has 1 aliphatic carbocycles. The third-order valence-electron chi connectivity index (χ3n) is 4.28. The number of carbonyl (C=O) groups is 2. The Balaban J connectivity index is 1.89. The molecule has 0 aliphatic heterocycles. The Morgan fingerprint density at radius 3 is 2.95 bits per heavy atom. The van der Waals surface area contributed by atoms with Gasteiger partial charge in [0.25, 0.3) is 5.91 Å². The molecule has 3 atom stereocenters. The summed E-state index contributed by atoms with van der Waals surface area (Å²) in [6, 6.07) is 0.846. The first kappa shape index (κ1) is 15.6. The van der Waals surface area contributed by atoms with Gasteiger partial charge >= 0.3 is 0 Å². The topological polar surface area (TPSA) is 91.6 Å². The molecule has 0 unspecified atom stereocenters. The summed E-state index contributed by atoms with van der Waals surface area (Å²) < 4.78 is 4.84. The lowest BCUT2D eigenvalue weighted by atomic mass is 9.85. The van der Waals surface area contributed by atoms with Crippen molar-refractivity contribution in [1.82, 2.24) is 10.6 Å². The number of rotatable bonds is 5. The van der Waals surface area contributed by atoms with Crippen LogP contribution >= 0.6 is 0 Å². The summed E-state index contributed by atoms with van der Waals surface area (Å²) in [5.74, 6) is -0.582. The summed E-state index contributed by atoms with van der Waals surface area (Å²) in [5.41, 5.74) is 0.111. The van der Waals surface area contributed by atoms with Gasteiger partial charge in [-0.3, -0.25) is 9.59 Å². The third kappa shape index (κ3) is 3.44. The van der Waals surface area contributed by atoms with Gasteiger partial charge in [-0.15, -0.1) is 0 Å². The molecule has 1 fully saturated rings. The molecule has 0 radical (unpaired) electrons. The molecule has 1 saturated carbocycles. The van der Waals surface area contributed by atoms with E-state index in [1.54, 1.807) is 13.0 Å². The highest BCUT2D eigenvalue weighted by molar-refractivity contribution is 5.97. The molecule has 2 amide bonds. The Morgan fingerprint density at radius 1 is 1.57 bits per heavy atom. The van der Waals surface area contributed by atoms with Crippen molar-refractivity contribution in [1.29, 1.82) is 0 Å². The molecule has 1 aliphatic rings. The van der Waals surface area contributed by atoms with Gasteiger partial charge in [-0.2, -0.15) is 0 Å². The number of hydrogen-bond donors (Lipinski definition) is 3. The first-order valence-electron chi connectivity index (χ1n) is 7.20. The van der Waals surface area contributed by atoms with E-state index in [-0.39, 0.29) is 29.9 Å². The van der Waals surface area contributed by atoms with E-state index in [2.05, 4.69) is 10.6 Å². The minimum atomic E-state index is -0.643. The van der Waals surface area contributed by atoms with E-state index in [9.17, 15) is 14.7 Å². The van der Waals surface area contributed by atoms with Crippen molar-refractivity contribution in [2.24, 2.45) is 5.41 Å². The molecular weight excluding hydrogens is 272 g/mol. The van der Waals surface area contributed by atoms with Gasteiger partial charge in [-0.25, -0.2) is 0 Å². The summed E-state index contributed by atoms with van der Waals surface area (Å²) in [7, 11) is 0. The van der Waals surface area contributed by atoms with Crippen LogP contribution in [0.1, 0.15) is 43.5 Å². The van der Waals surface area contributed by atoms with Gasteiger partial charge in [-0.05, 0) is 25.8 Å². The number of nitrogens with one attached hydrogen (secondary N) is 2. The number of amides is 2. The summed E-state index contributed by atoms with van der Waals surface area (Å²) in [6.45, 7) is 3.66. The van der Waals surface area contributed by atoms with Gasteiger partial charge in [0.1, 0.15) is 12.3 Å². The lowest BCUT2D eigenvalue weighted by molar-refractivity contribution is -0.124. The third-order valence-corrected chi connectivity index (χ3v) is 4.28. The zero-order valence-electron chi connectivity index (χ0n) is 12.4. The van der Waals surface area contributed by atoms with Gasteiger partial charge in [0.15, 0.2) is 0 Å². The maximum atomic E-state index is 12.2. The fourth-order valence-corrected chi connectivity index (χ4v) is 2.70. The van der Waals surface area contributed by atoms with E-state index in [1.807, 2.05) is 6.92 Å². The standard InChI is InChI=1S/C15H22N2O4/c1-10(16-14(20)11-5-7-21-8-11)13(19)17-12-4-3-6-15(12,2)9-18/h5,7-8,10,12,18H,3-4,6,9H2,1-2H3,(H,16,20)(H,17,19)/t10-,12-,15+/m0/s1. The number of hydrogen-bond acceptors (Lipinski definition) is 4. The van der Waals surface area contributed by atoms with Crippen LogP contribution in [-0.4, -0.2) is 35.6 Å². The van der Waals surface area contributed by atoms with Crippen LogP contribution in [0.25, 0.3) is 0 Å². The Labute approximate surface area is 123 Å². The van der Waals surface area contributed by atoms with Crippen LogP contribution in [0.5, 0.6) is 0 Å². The molecule has 0 saturated heterocycles. The minimum Gasteiger partial charge on any atom is -0.472 e. The summed E-state index contributed by atoms with van der Waals surface area (Å²) in [6.07, 6.45) is 5.47. The molecule has 6 nitrogen and oxygen atoms in total. The molecule has 3 N–H and O–H groups in total. The predicted molar refractivity (Wildman–Crippen MR) is 76.6 cm³/mol. The number of aliphatic hydroxyl groups is 1. The first-order valence-corrected chi connectivity index (χ1v) is 7.20. The summed E-state index contributed by atoms with van der Waals surface area (Å²) >= 11 is 0. The first-order chi connectivity index (χ1) is 9.96. The van der Waals surface area contributed by atoms with Crippen molar-refractivity contribution in [3.8, 4) is 0 Å². The van der Waals surface area contributed by atoms with Gasteiger partial charge in [0, 0.05) is 11.5 Å². The van der Waals surface area contributed by atoms with Crippen LogP contribution in [0, 0.1) is 5.41 Å². The number of aliphatic hydroxyl groups excluding tert-OH is 1. The molecule has 0 spiro atoms. The van der Waals surface area contributed by atoms with E-state index < -0.39 is 6.04 Å². The van der Waals surface area contributed by atoms with Gasteiger partial charge < -0.3 is 20.2 Å². The fourth-order valence-electron chi connectivity index (χ4n) is 2.70. The predicted octanol–water partition coefficient (Wildman–Crippen LogP) is 1.07. The second kappa shape index (κ2) is 6.30. The second-order valence-corrected chi connectivity index (χ2v) is 5.97. The van der Waals surface area contributed by atoms with Crippen molar-refractivity contribution in [3.05, 3.63) is 24.2 Å². The molecule has 21 heavy (non-hydrogen) atoms. The highest BCUT2D eigenvalue weighted by Crippen LogP contribution is 2.37. The maximum absolute atomic E-state index is 12.2. The Hall–Kier alpha value is -1.82. The summed E-state index contributed by atoms with van der Waals surface area (Å²) in [4.78, 5) is 24.0. The lowest BCUT2D eigenvalue weighted by Gasteiger charge is -2.31. The van der Waals surface area contributed by atoms with Gasteiger partial charge in [0.05, 0.1) is 18.4 Å². The highest BCUT2D eigenvalue weighted by Gasteiger charge is 2.39. The Morgan fingerprint density at radius 2 is 2.33 bits per heavy atom. The molecule has 0 aromatic carbocycles. The average Bonchev–Trinajstić information content (AvgIpc) is 3.10. The monoisotopic (exact) mass is 294 g/mol. The smallest absolute Gasteiger partial charge is 0.255 e. The van der Waals surface area contributed by atoms with Gasteiger partial charge in [-0.1, -0.05) is 13.3 Å². The van der Waals surface area contributed by atoms with Crippen molar-refractivity contribution >= 4 is 11.8 Å². The molecule has 1 aromatic heterocycles. The van der Waals surface area contributed by atoms with Gasteiger partial charge in [0.2, 0.25) is 5.91 Å². The van der Waals surface area contributed by atoms with Crippen LogP contribution in [0.15, 0.2) is 23.0 Å².